The third kappa shape index (κ3) is 4.42. The molecule has 1 fully saturated rings. The van der Waals surface area contributed by atoms with Crippen LogP contribution in [0.1, 0.15) is 65.2 Å². The standard InChI is InChI=1S/C17H33N/c1-4-5-6-7-8-9-11-16-14(2)15(3)17(16)12-10-13-18/h4,14-17H,1,5-13,18H2,2-3H3. The van der Waals surface area contributed by atoms with Gasteiger partial charge in [0.05, 0.1) is 0 Å². The maximum absolute atomic E-state index is 5.64. The number of hydrogen-bond acceptors (Lipinski definition) is 1. The number of allylic oxidation sites excluding steroid dienone is 1. The molecule has 2 N–H and O–H groups in total. The van der Waals surface area contributed by atoms with E-state index in [2.05, 4.69) is 20.4 Å². The van der Waals surface area contributed by atoms with Crippen molar-refractivity contribution in [1.29, 1.82) is 0 Å². The summed E-state index contributed by atoms with van der Waals surface area (Å²) in [5.41, 5.74) is 5.64. The minimum Gasteiger partial charge on any atom is -0.330 e. The Hall–Kier alpha value is -0.300. The third-order valence-corrected chi connectivity index (χ3v) is 5.17. The zero-order valence-electron chi connectivity index (χ0n) is 12.5. The molecule has 0 aromatic carbocycles. The number of hydrogen-bond donors (Lipinski definition) is 1. The fraction of sp³-hybridized carbons (Fsp3) is 0.882. The Kier molecular flexibility index (Phi) is 7.65. The van der Waals surface area contributed by atoms with Gasteiger partial charge in [-0.15, -0.1) is 6.58 Å². The molecule has 0 spiro atoms. The summed E-state index contributed by atoms with van der Waals surface area (Å²) < 4.78 is 0. The molecular weight excluding hydrogens is 218 g/mol. The summed E-state index contributed by atoms with van der Waals surface area (Å²) in [4.78, 5) is 0. The highest BCUT2D eigenvalue weighted by Crippen LogP contribution is 2.50. The van der Waals surface area contributed by atoms with Crippen LogP contribution in [0.15, 0.2) is 12.7 Å². The van der Waals surface area contributed by atoms with Crippen molar-refractivity contribution in [2.45, 2.75) is 65.2 Å². The van der Waals surface area contributed by atoms with E-state index in [0.717, 1.165) is 30.2 Å². The highest BCUT2D eigenvalue weighted by molar-refractivity contribution is 4.92. The fourth-order valence-electron chi connectivity index (χ4n) is 3.74. The molecule has 18 heavy (non-hydrogen) atoms. The van der Waals surface area contributed by atoms with Gasteiger partial charge >= 0.3 is 0 Å². The lowest BCUT2D eigenvalue weighted by molar-refractivity contribution is -0.0118. The van der Waals surface area contributed by atoms with Crippen molar-refractivity contribution < 1.29 is 0 Å². The predicted molar refractivity (Wildman–Crippen MR) is 81.5 cm³/mol. The lowest BCUT2D eigenvalue weighted by Gasteiger charge is -2.50. The van der Waals surface area contributed by atoms with Crippen LogP contribution in [-0.4, -0.2) is 6.54 Å². The molecular formula is C17H33N. The van der Waals surface area contributed by atoms with Crippen molar-refractivity contribution in [2.75, 3.05) is 6.54 Å². The van der Waals surface area contributed by atoms with Gasteiger partial charge in [-0.05, 0) is 62.3 Å². The van der Waals surface area contributed by atoms with Gasteiger partial charge in [0.25, 0.3) is 0 Å². The van der Waals surface area contributed by atoms with Crippen molar-refractivity contribution in [3.05, 3.63) is 12.7 Å². The number of unbranched alkanes of at least 4 members (excludes halogenated alkanes) is 4. The molecule has 1 nitrogen and oxygen atoms in total. The van der Waals surface area contributed by atoms with Crippen LogP contribution in [0.4, 0.5) is 0 Å². The van der Waals surface area contributed by atoms with Crippen LogP contribution in [0.5, 0.6) is 0 Å². The second kappa shape index (κ2) is 8.74. The summed E-state index contributed by atoms with van der Waals surface area (Å²) >= 11 is 0. The first-order chi connectivity index (χ1) is 8.72. The average Bonchev–Trinajstić information content (AvgIpc) is 2.39. The molecule has 0 heterocycles. The molecule has 106 valence electrons. The van der Waals surface area contributed by atoms with Crippen molar-refractivity contribution in [3.8, 4) is 0 Å². The highest BCUT2D eigenvalue weighted by atomic mass is 14.5. The van der Waals surface area contributed by atoms with E-state index >= 15 is 0 Å². The minimum atomic E-state index is 0.867. The van der Waals surface area contributed by atoms with E-state index in [9.17, 15) is 0 Å². The molecule has 1 rings (SSSR count). The minimum absolute atomic E-state index is 0.867. The van der Waals surface area contributed by atoms with E-state index in [-0.39, 0.29) is 0 Å². The normalized spacial score (nSPS) is 31.1. The molecule has 1 aliphatic rings. The molecule has 1 heteroatoms. The Bertz CT molecular complexity index is 224. The Morgan fingerprint density at radius 3 is 2.00 bits per heavy atom. The maximum atomic E-state index is 5.64. The lowest BCUT2D eigenvalue weighted by atomic mass is 9.55. The fourth-order valence-corrected chi connectivity index (χ4v) is 3.74. The molecule has 1 saturated carbocycles. The maximum Gasteiger partial charge on any atom is -0.00772 e. The summed E-state index contributed by atoms with van der Waals surface area (Å²) in [7, 11) is 0. The van der Waals surface area contributed by atoms with Gasteiger partial charge in [0.15, 0.2) is 0 Å². The van der Waals surface area contributed by atoms with E-state index < -0.39 is 0 Å². The van der Waals surface area contributed by atoms with Gasteiger partial charge in [-0.2, -0.15) is 0 Å². The first-order valence-electron chi connectivity index (χ1n) is 8.03. The third-order valence-electron chi connectivity index (χ3n) is 5.17. The summed E-state index contributed by atoms with van der Waals surface area (Å²) in [6.07, 6.45) is 12.8. The van der Waals surface area contributed by atoms with Crippen LogP contribution in [0.3, 0.4) is 0 Å². The van der Waals surface area contributed by atoms with Crippen molar-refractivity contribution >= 4 is 0 Å². The van der Waals surface area contributed by atoms with Gasteiger partial charge < -0.3 is 5.73 Å². The molecule has 0 radical (unpaired) electrons. The zero-order chi connectivity index (χ0) is 13.4. The van der Waals surface area contributed by atoms with Crippen LogP contribution in [-0.2, 0) is 0 Å². The van der Waals surface area contributed by atoms with Crippen LogP contribution in [0.25, 0.3) is 0 Å². The Morgan fingerprint density at radius 1 is 0.889 bits per heavy atom. The lowest BCUT2D eigenvalue weighted by Crippen LogP contribution is -2.43. The summed E-state index contributed by atoms with van der Waals surface area (Å²) in [6.45, 7) is 9.53. The smallest absolute Gasteiger partial charge is 0.00772 e. The summed E-state index contributed by atoms with van der Waals surface area (Å²) in [5.74, 6) is 3.84. The summed E-state index contributed by atoms with van der Waals surface area (Å²) in [6, 6.07) is 0. The van der Waals surface area contributed by atoms with Gasteiger partial charge in [0, 0.05) is 0 Å². The Labute approximate surface area is 114 Å². The van der Waals surface area contributed by atoms with Crippen LogP contribution < -0.4 is 5.73 Å². The van der Waals surface area contributed by atoms with E-state index in [1.54, 1.807) is 0 Å². The first kappa shape index (κ1) is 15.8. The van der Waals surface area contributed by atoms with Crippen LogP contribution in [0.2, 0.25) is 0 Å². The van der Waals surface area contributed by atoms with Crippen LogP contribution >= 0.6 is 0 Å². The van der Waals surface area contributed by atoms with Gasteiger partial charge in [0.2, 0.25) is 0 Å². The highest BCUT2D eigenvalue weighted by Gasteiger charge is 2.43. The number of rotatable bonds is 10. The SMILES string of the molecule is C=CCCCCCCC1C(C)C(C)C1CCCN. The van der Waals surface area contributed by atoms with Crippen molar-refractivity contribution in [3.63, 3.8) is 0 Å². The molecule has 1 aliphatic carbocycles. The molecule has 4 atom stereocenters. The summed E-state index contributed by atoms with van der Waals surface area (Å²) in [5, 5.41) is 0. The van der Waals surface area contributed by atoms with E-state index in [4.69, 9.17) is 5.73 Å². The van der Waals surface area contributed by atoms with E-state index in [1.807, 2.05) is 6.08 Å². The van der Waals surface area contributed by atoms with Gasteiger partial charge in [-0.1, -0.05) is 39.2 Å². The average molecular weight is 251 g/mol. The Balaban J connectivity index is 2.13. The monoisotopic (exact) mass is 251 g/mol. The molecule has 0 aromatic heterocycles. The molecule has 0 aliphatic heterocycles. The Morgan fingerprint density at radius 2 is 1.44 bits per heavy atom. The second-order valence-corrected chi connectivity index (χ2v) is 6.26. The van der Waals surface area contributed by atoms with E-state index in [1.165, 1.54) is 51.4 Å². The molecule has 4 unspecified atom stereocenters. The zero-order valence-corrected chi connectivity index (χ0v) is 12.5. The first-order valence-corrected chi connectivity index (χ1v) is 8.03. The quantitative estimate of drug-likeness (QED) is 0.439. The molecule has 0 amide bonds. The van der Waals surface area contributed by atoms with Gasteiger partial charge in [-0.3, -0.25) is 0 Å². The van der Waals surface area contributed by atoms with Crippen molar-refractivity contribution in [2.24, 2.45) is 29.4 Å². The largest absolute Gasteiger partial charge is 0.330 e. The number of nitrogens with two attached hydrogens (primary N) is 1. The topological polar surface area (TPSA) is 26.0 Å². The molecule has 0 bridgehead atoms. The van der Waals surface area contributed by atoms with Crippen LogP contribution in [0, 0.1) is 23.7 Å². The van der Waals surface area contributed by atoms with Crippen molar-refractivity contribution in [1.82, 2.24) is 0 Å². The van der Waals surface area contributed by atoms with Gasteiger partial charge in [0.1, 0.15) is 0 Å². The van der Waals surface area contributed by atoms with Gasteiger partial charge in [-0.25, -0.2) is 0 Å². The molecule has 0 aromatic rings. The second-order valence-electron chi connectivity index (χ2n) is 6.26. The molecule has 0 saturated heterocycles. The predicted octanol–water partition coefficient (Wildman–Crippen LogP) is 4.77. The van der Waals surface area contributed by atoms with E-state index in [0.29, 0.717) is 0 Å².